The van der Waals surface area contributed by atoms with Crippen LogP contribution in [0.4, 0.5) is 4.79 Å². The molecule has 1 heterocycles. The quantitative estimate of drug-likeness (QED) is 0.322. The van der Waals surface area contributed by atoms with E-state index >= 15 is 0 Å². The number of hydrogen-bond donors (Lipinski definition) is 1. The Hall–Kier alpha value is -3.46. The number of fused-ring (bicyclic) bond motifs is 1. The van der Waals surface area contributed by atoms with Crippen molar-refractivity contribution in [3.63, 3.8) is 0 Å². The van der Waals surface area contributed by atoms with Crippen molar-refractivity contribution in [1.82, 2.24) is 5.32 Å². The fourth-order valence-electron chi connectivity index (χ4n) is 3.18. The van der Waals surface area contributed by atoms with Crippen LogP contribution in [0.25, 0.3) is 11.0 Å². The second-order valence-corrected chi connectivity index (χ2v) is 9.78. The number of amides is 1. The summed E-state index contributed by atoms with van der Waals surface area (Å²) in [5.74, 6) is 1.06. The van der Waals surface area contributed by atoms with Gasteiger partial charge in [-0.2, -0.15) is 11.8 Å². The molecule has 2 aromatic carbocycles. The number of nitrogens with one attached hydrogen (secondary N) is 1. The maximum atomic E-state index is 13.0. The number of benzene rings is 2. The first-order valence-electron chi connectivity index (χ1n) is 11.1. The molecule has 0 aliphatic carbocycles. The highest BCUT2D eigenvalue weighted by molar-refractivity contribution is 7.98. The van der Waals surface area contributed by atoms with Gasteiger partial charge in [-0.3, -0.25) is 4.79 Å². The molecule has 0 aliphatic heterocycles. The van der Waals surface area contributed by atoms with Crippen molar-refractivity contribution >= 4 is 34.8 Å². The van der Waals surface area contributed by atoms with Crippen molar-refractivity contribution in [2.24, 2.45) is 0 Å². The van der Waals surface area contributed by atoms with Crippen LogP contribution in [0.3, 0.4) is 0 Å². The third-order valence-electron chi connectivity index (χ3n) is 4.75. The molecule has 1 atom stereocenters. The monoisotopic (exact) mass is 499 g/mol. The zero-order chi connectivity index (χ0) is 25.6. The maximum Gasteiger partial charge on any atom is 0.408 e. The molecular formula is C26H29NO7S. The predicted octanol–water partition coefficient (Wildman–Crippen LogP) is 5.45. The van der Waals surface area contributed by atoms with E-state index in [1.807, 2.05) is 12.3 Å². The Balaban J connectivity index is 1.80. The topological polar surface area (TPSA) is 104 Å². The van der Waals surface area contributed by atoms with Gasteiger partial charge >= 0.3 is 12.1 Å². The highest BCUT2D eigenvalue weighted by Crippen LogP contribution is 2.27. The van der Waals surface area contributed by atoms with Crippen molar-refractivity contribution in [3.05, 3.63) is 64.5 Å². The van der Waals surface area contributed by atoms with Gasteiger partial charge in [0.25, 0.3) is 0 Å². The molecule has 3 aromatic rings. The summed E-state index contributed by atoms with van der Waals surface area (Å²) in [7, 11) is 0. The van der Waals surface area contributed by atoms with E-state index in [9.17, 15) is 14.4 Å². The smallest absolute Gasteiger partial charge is 0.408 e. The second-order valence-electron chi connectivity index (χ2n) is 8.79. The van der Waals surface area contributed by atoms with Crippen LogP contribution >= 0.6 is 11.8 Å². The zero-order valence-corrected chi connectivity index (χ0v) is 21.2. The Kier molecular flexibility index (Phi) is 8.45. The summed E-state index contributed by atoms with van der Waals surface area (Å²) in [6.45, 7) is 6.84. The van der Waals surface area contributed by atoms with Gasteiger partial charge in [0.2, 0.25) is 11.2 Å². The van der Waals surface area contributed by atoms with Crippen LogP contribution < -0.4 is 20.2 Å². The van der Waals surface area contributed by atoms with E-state index in [1.54, 1.807) is 52.0 Å². The molecule has 1 amide bonds. The molecule has 1 aromatic heterocycles. The SMILES string of the molecule is CSCCC(NC(=O)OC(C)(C)C)C(=O)Oc1ccc2c(=O)c(Oc3ccccc3)c(C)oc2c1. The summed E-state index contributed by atoms with van der Waals surface area (Å²) >= 11 is 1.54. The third-order valence-corrected chi connectivity index (χ3v) is 5.40. The number of thioether (sulfide) groups is 1. The molecule has 0 saturated carbocycles. The number of ether oxygens (including phenoxy) is 3. The van der Waals surface area contributed by atoms with Crippen LogP contribution in [0.1, 0.15) is 33.0 Å². The van der Waals surface area contributed by atoms with Gasteiger partial charge in [-0.25, -0.2) is 9.59 Å². The van der Waals surface area contributed by atoms with Gasteiger partial charge in [0.05, 0.1) is 5.39 Å². The van der Waals surface area contributed by atoms with E-state index in [0.29, 0.717) is 23.7 Å². The van der Waals surface area contributed by atoms with Crippen LogP contribution in [0.5, 0.6) is 17.2 Å². The van der Waals surface area contributed by atoms with E-state index in [2.05, 4.69) is 5.32 Å². The van der Waals surface area contributed by atoms with E-state index in [1.165, 1.54) is 30.0 Å². The summed E-state index contributed by atoms with van der Waals surface area (Å²) in [6.07, 6.45) is 1.56. The van der Waals surface area contributed by atoms with Crippen molar-refractivity contribution < 1.29 is 28.2 Å². The van der Waals surface area contributed by atoms with Gasteiger partial charge in [0.1, 0.15) is 34.5 Å². The summed E-state index contributed by atoms with van der Waals surface area (Å²) < 4.78 is 22.3. The van der Waals surface area contributed by atoms with E-state index in [4.69, 9.17) is 18.6 Å². The van der Waals surface area contributed by atoms with Gasteiger partial charge in [0, 0.05) is 6.07 Å². The molecule has 3 rings (SSSR count). The number of alkyl carbamates (subject to hydrolysis) is 1. The lowest BCUT2D eigenvalue weighted by molar-refractivity contribution is -0.136. The van der Waals surface area contributed by atoms with Crippen molar-refractivity contribution in [2.45, 2.75) is 45.8 Å². The molecule has 186 valence electrons. The number of rotatable bonds is 8. The molecule has 0 saturated heterocycles. The molecule has 0 radical (unpaired) electrons. The van der Waals surface area contributed by atoms with Crippen molar-refractivity contribution in [3.8, 4) is 17.2 Å². The number of aryl methyl sites for hydroxylation is 1. The summed E-state index contributed by atoms with van der Waals surface area (Å²) in [4.78, 5) is 38.0. The Morgan fingerprint density at radius 2 is 1.80 bits per heavy atom. The largest absolute Gasteiger partial charge is 0.457 e. The summed E-state index contributed by atoms with van der Waals surface area (Å²) in [5.41, 5.74) is -0.789. The minimum absolute atomic E-state index is 0.0899. The van der Waals surface area contributed by atoms with E-state index < -0.39 is 23.7 Å². The van der Waals surface area contributed by atoms with Crippen molar-refractivity contribution in [1.29, 1.82) is 0 Å². The molecule has 0 aliphatic rings. The van der Waals surface area contributed by atoms with Crippen LogP contribution in [0.15, 0.2) is 57.7 Å². The Labute approximate surface area is 207 Å². The van der Waals surface area contributed by atoms with Gasteiger partial charge in [-0.05, 0) is 70.4 Å². The number of hydrogen-bond acceptors (Lipinski definition) is 8. The Bertz CT molecular complexity index is 1250. The second kappa shape index (κ2) is 11.3. The molecule has 35 heavy (non-hydrogen) atoms. The van der Waals surface area contributed by atoms with Crippen LogP contribution in [0, 0.1) is 6.92 Å². The number of esters is 1. The third kappa shape index (κ3) is 7.26. The number of para-hydroxylation sites is 1. The normalized spacial score (nSPS) is 12.1. The van der Waals surface area contributed by atoms with Gasteiger partial charge < -0.3 is 23.9 Å². The molecule has 0 fully saturated rings. The van der Waals surface area contributed by atoms with E-state index in [-0.39, 0.29) is 27.9 Å². The minimum atomic E-state index is -0.900. The highest BCUT2D eigenvalue weighted by atomic mass is 32.2. The summed E-state index contributed by atoms with van der Waals surface area (Å²) in [6, 6.07) is 12.5. The highest BCUT2D eigenvalue weighted by Gasteiger charge is 2.26. The maximum absolute atomic E-state index is 13.0. The summed E-state index contributed by atoms with van der Waals surface area (Å²) in [5, 5.41) is 2.86. The first-order chi connectivity index (χ1) is 16.6. The first-order valence-corrected chi connectivity index (χ1v) is 12.5. The molecule has 1 N–H and O–H groups in total. The molecular weight excluding hydrogens is 470 g/mol. The fourth-order valence-corrected chi connectivity index (χ4v) is 3.65. The minimum Gasteiger partial charge on any atom is -0.457 e. The Morgan fingerprint density at radius 1 is 1.09 bits per heavy atom. The van der Waals surface area contributed by atoms with Gasteiger partial charge in [-0.1, -0.05) is 18.2 Å². The average Bonchev–Trinajstić information content (AvgIpc) is 2.78. The first kappa shape index (κ1) is 26.2. The number of carbonyl (C=O) groups is 2. The lowest BCUT2D eigenvalue weighted by Crippen LogP contribution is -2.45. The van der Waals surface area contributed by atoms with Gasteiger partial charge in [0.15, 0.2) is 0 Å². The zero-order valence-electron chi connectivity index (χ0n) is 20.4. The molecule has 0 spiro atoms. The lowest BCUT2D eigenvalue weighted by atomic mass is 10.2. The van der Waals surface area contributed by atoms with E-state index in [0.717, 1.165) is 0 Å². The molecule has 1 unspecified atom stereocenters. The molecule has 9 heteroatoms. The lowest BCUT2D eigenvalue weighted by Gasteiger charge is -2.22. The fraction of sp³-hybridized carbons (Fsp3) is 0.346. The van der Waals surface area contributed by atoms with Crippen LogP contribution in [-0.4, -0.2) is 35.7 Å². The van der Waals surface area contributed by atoms with Crippen LogP contribution in [0.2, 0.25) is 0 Å². The number of carbonyl (C=O) groups excluding carboxylic acids is 2. The predicted molar refractivity (Wildman–Crippen MR) is 136 cm³/mol. The Morgan fingerprint density at radius 3 is 2.46 bits per heavy atom. The van der Waals surface area contributed by atoms with Gasteiger partial charge in [-0.15, -0.1) is 0 Å². The molecule has 8 nitrogen and oxygen atoms in total. The average molecular weight is 500 g/mol. The van der Waals surface area contributed by atoms with Crippen LogP contribution in [-0.2, 0) is 9.53 Å². The standard InChI is InChI=1S/C26H29NO7S/c1-16-23(32-17-9-7-6-8-10-17)22(28)19-12-11-18(15-21(19)31-16)33-24(29)20(13-14-35-5)27-25(30)34-26(2,3)4/h6-12,15,20H,13-14H2,1-5H3,(H,27,30). The molecule has 0 bridgehead atoms. The van der Waals surface area contributed by atoms with Crippen molar-refractivity contribution in [2.75, 3.05) is 12.0 Å².